The number of H-pyrrole nitrogens is 1. The van der Waals surface area contributed by atoms with Gasteiger partial charge in [-0.25, -0.2) is 0 Å². The molecule has 2 aromatic carbocycles. The zero-order chi connectivity index (χ0) is 20.0. The Morgan fingerprint density at radius 3 is 2.69 bits per heavy atom. The van der Waals surface area contributed by atoms with Crippen molar-refractivity contribution < 1.29 is 0 Å². The van der Waals surface area contributed by atoms with Gasteiger partial charge in [0.15, 0.2) is 5.82 Å². The molecule has 0 bridgehead atoms. The molecule has 4 aromatic rings. The lowest BCUT2D eigenvalue weighted by atomic mass is 10.0. The van der Waals surface area contributed by atoms with E-state index >= 15 is 0 Å². The van der Waals surface area contributed by atoms with Crippen LogP contribution in [0.1, 0.15) is 35.6 Å². The number of fused-ring (bicyclic) bond motifs is 1. The van der Waals surface area contributed by atoms with Crippen LogP contribution in [0, 0.1) is 6.92 Å². The van der Waals surface area contributed by atoms with E-state index in [0.29, 0.717) is 24.1 Å². The van der Waals surface area contributed by atoms with Gasteiger partial charge >= 0.3 is 0 Å². The van der Waals surface area contributed by atoms with E-state index in [1.807, 2.05) is 30.3 Å². The second-order valence-corrected chi connectivity index (χ2v) is 7.81. The summed E-state index contributed by atoms with van der Waals surface area (Å²) in [7, 11) is 2.07. The van der Waals surface area contributed by atoms with E-state index in [2.05, 4.69) is 52.1 Å². The molecule has 0 aliphatic heterocycles. The standard InChI is InChI=1S/C23H23N5O/c1-15-7-6-10-19(21(15)16-11-12-16)27(2)14-18-13-20(29)28-23(24-18)25-22(26-28)17-8-4-3-5-9-17/h3-10,13,16H,11-12,14H2,1-2H3,(H,24,25,26). The highest BCUT2D eigenvalue weighted by Crippen LogP contribution is 2.45. The number of anilines is 1. The van der Waals surface area contributed by atoms with E-state index in [9.17, 15) is 4.79 Å². The molecule has 0 amide bonds. The van der Waals surface area contributed by atoms with Crippen LogP contribution in [0.25, 0.3) is 17.2 Å². The van der Waals surface area contributed by atoms with Crippen LogP contribution in [0.15, 0.2) is 59.4 Å². The minimum Gasteiger partial charge on any atom is -0.369 e. The van der Waals surface area contributed by atoms with Crippen molar-refractivity contribution in [2.75, 3.05) is 11.9 Å². The number of rotatable bonds is 5. The van der Waals surface area contributed by atoms with Crippen LogP contribution < -0.4 is 10.5 Å². The van der Waals surface area contributed by atoms with E-state index in [0.717, 1.165) is 11.3 Å². The lowest BCUT2D eigenvalue weighted by Crippen LogP contribution is -2.22. The number of aromatic nitrogens is 4. The molecule has 146 valence electrons. The van der Waals surface area contributed by atoms with Crippen LogP contribution in [-0.2, 0) is 6.54 Å². The maximum atomic E-state index is 12.6. The molecule has 6 heteroatoms. The molecular formula is C23H23N5O. The summed E-state index contributed by atoms with van der Waals surface area (Å²) in [5.74, 6) is 1.67. The topological polar surface area (TPSA) is 66.3 Å². The predicted molar refractivity (Wildman–Crippen MR) is 114 cm³/mol. The highest BCUT2D eigenvalue weighted by atomic mass is 16.1. The van der Waals surface area contributed by atoms with Gasteiger partial charge in [0.05, 0.1) is 6.54 Å². The van der Waals surface area contributed by atoms with Gasteiger partial charge in [0.1, 0.15) is 0 Å². The van der Waals surface area contributed by atoms with E-state index < -0.39 is 0 Å². The second kappa shape index (κ2) is 6.88. The number of hydrogen-bond donors (Lipinski definition) is 1. The average molecular weight is 385 g/mol. The van der Waals surface area contributed by atoms with Crippen LogP contribution in [0.5, 0.6) is 0 Å². The second-order valence-electron chi connectivity index (χ2n) is 7.81. The summed E-state index contributed by atoms with van der Waals surface area (Å²) >= 11 is 0. The van der Waals surface area contributed by atoms with Gasteiger partial charge in [0.2, 0.25) is 5.78 Å². The molecular weight excluding hydrogens is 362 g/mol. The first-order chi connectivity index (χ1) is 14.1. The number of nitrogens with zero attached hydrogens (tertiary/aromatic N) is 4. The Morgan fingerprint density at radius 1 is 1.14 bits per heavy atom. The lowest BCUT2D eigenvalue weighted by Gasteiger charge is -2.23. The molecule has 0 unspecified atom stereocenters. The number of aromatic amines is 1. The fraction of sp³-hybridized carbons (Fsp3) is 0.261. The van der Waals surface area contributed by atoms with Gasteiger partial charge in [0.25, 0.3) is 5.56 Å². The summed E-state index contributed by atoms with van der Waals surface area (Å²) in [6.45, 7) is 2.78. The van der Waals surface area contributed by atoms with Gasteiger partial charge in [-0.1, -0.05) is 42.5 Å². The average Bonchev–Trinajstić information content (AvgIpc) is 3.46. The van der Waals surface area contributed by atoms with Gasteiger partial charge in [0, 0.05) is 30.1 Å². The first kappa shape index (κ1) is 17.7. The maximum Gasteiger partial charge on any atom is 0.275 e. The molecule has 0 atom stereocenters. The Labute approximate surface area is 168 Å². The van der Waals surface area contributed by atoms with Crippen LogP contribution in [0.3, 0.4) is 0 Å². The first-order valence-corrected chi connectivity index (χ1v) is 9.95. The quantitative estimate of drug-likeness (QED) is 0.566. The monoisotopic (exact) mass is 385 g/mol. The van der Waals surface area contributed by atoms with Crippen molar-refractivity contribution in [3.63, 3.8) is 0 Å². The third kappa shape index (κ3) is 3.31. The Morgan fingerprint density at radius 2 is 1.93 bits per heavy atom. The number of aryl methyl sites for hydroxylation is 1. The molecule has 0 saturated heterocycles. The van der Waals surface area contributed by atoms with Crippen molar-refractivity contribution >= 4 is 11.5 Å². The fourth-order valence-corrected chi connectivity index (χ4v) is 3.97. The maximum absolute atomic E-state index is 12.6. The predicted octanol–water partition coefficient (Wildman–Crippen LogP) is 3.91. The Bertz CT molecular complexity index is 1240. The molecule has 29 heavy (non-hydrogen) atoms. The van der Waals surface area contributed by atoms with Crippen molar-refractivity contribution in [3.05, 3.63) is 81.8 Å². The molecule has 6 nitrogen and oxygen atoms in total. The molecule has 0 spiro atoms. The van der Waals surface area contributed by atoms with Crippen molar-refractivity contribution in [1.29, 1.82) is 0 Å². The van der Waals surface area contributed by atoms with Crippen LogP contribution in [-0.4, -0.2) is 26.6 Å². The number of hydrogen-bond acceptors (Lipinski definition) is 4. The largest absolute Gasteiger partial charge is 0.369 e. The third-order valence-electron chi connectivity index (χ3n) is 5.52. The first-order valence-electron chi connectivity index (χ1n) is 9.95. The van der Waals surface area contributed by atoms with Gasteiger partial charge < -0.3 is 9.88 Å². The highest BCUT2D eigenvalue weighted by Gasteiger charge is 2.28. The van der Waals surface area contributed by atoms with Gasteiger partial charge in [-0.3, -0.25) is 4.79 Å². The molecule has 5 rings (SSSR count). The Balaban J connectivity index is 1.48. The van der Waals surface area contributed by atoms with Crippen molar-refractivity contribution in [1.82, 2.24) is 19.6 Å². The number of benzene rings is 2. The van der Waals surface area contributed by atoms with Gasteiger partial charge in [-0.05, 0) is 42.9 Å². The summed E-state index contributed by atoms with van der Waals surface area (Å²) in [6.07, 6.45) is 2.52. The third-order valence-corrected chi connectivity index (χ3v) is 5.52. The Kier molecular flexibility index (Phi) is 4.19. The van der Waals surface area contributed by atoms with E-state index in [1.165, 1.54) is 34.2 Å². The smallest absolute Gasteiger partial charge is 0.275 e. The minimum absolute atomic E-state index is 0.177. The summed E-state index contributed by atoms with van der Waals surface area (Å²) in [5.41, 5.74) is 5.54. The summed E-state index contributed by atoms with van der Waals surface area (Å²) < 4.78 is 1.33. The SMILES string of the molecule is Cc1cccc(N(C)Cc2cc(=O)n3nc(-c4ccccc4)nc3[nH]2)c1C1CC1. The van der Waals surface area contributed by atoms with Crippen LogP contribution in [0.4, 0.5) is 5.69 Å². The summed E-state index contributed by atoms with van der Waals surface area (Å²) in [4.78, 5) is 22.6. The normalized spacial score (nSPS) is 13.7. The molecule has 1 aliphatic carbocycles. The van der Waals surface area contributed by atoms with Gasteiger partial charge in [-0.15, -0.1) is 5.10 Å². The van der Waals surface area contributed by atoms with E-state index in [4.69, 9.17) is 0 Å². The molecule has 2 heterocycles. The Hall–Kier alpha value is -3.41. The van der Waals surface area contributed by atoms with E-state index in [1.54, 1.807) is 6.07 Å². The molecule has 0 radical (unpaired) electrons. The molecule has 1 fully saturated rings. The lowest BCUT2D eigenvalue weighted by molar-refractivity contribution is 0.835. The molecule has 1 aliphatic rings. The minimum atomic E-state index is -0.177. The zero-order valence-corrected chi connectivity index (χ0v) is 16.6. The van der Waals surface area contributed by atoms with Crippen molar-refractivity contribution in [2.24, 2.45) is 0 Å². The zero-order valence-electron chi connectivity index (χ0n) is 16.6. The highest BCUT2D eigenvalue weighted by molar-refractivity contribution is 5.59. The van der Waals surface area contributed by atoms with Crippen LogP contribution >= 0.6 is 0 Å². The molecule has 2 aromatic heterocycles. The molecule has 1 saturated carbocycles. The summed E-state index contributed by atoms with van der Waals surface area (Å²) in [5, 5.41) is 4.37. The van der Waals surface area contributed by atoms with Gasteiger partial charge in [-0.2, -0.15) is 9.50 Å². The van der Waals surface area contributed by atoms with Crippen molar-refractivity contribution in [3.8, 4) is 11.4 Å². The van der Waals surface area contributed by atoms with Crippen LogP contribution in [0.2, 0.25) is 0 Å². The molecule has 1 N–H and O–H groups in total. The fourth-order valence-electron chi connectivity index (χ4n) is 3.97. The summed E-state index contributed by atoms with van der Waals surface area (Å²) in [6, 6.07) is 17.7. The van der Waals surface area contributed by atoms with E-state index in [-0.39, 0.29) is 5.56 Å². The number of nitrogens with one attached hydrogen (secondary N) is 1. The van der Waals surface area contributed by atoms with Crippen molar-refractivity contribution in [2.45, 2.75) is 32.2 Å².